The summed E-state index contributed by atoms with van der Waals surface area (Å²) < 4.78 is 1.29. The lowest BCUT2D eigenvalue weighted by atomic mass is 10.2. The molecule has 0 aliphatic rings. The zero-order valence-electron chi connectivity index (χ0n) is 20.9. The first-order valence-corrected chi connectivity index (χ1v) is 16.2. The molecular weight excluding hydrogens is 517 g/mol. The Labute approximate surface area is 233 Å². The van der Waals surface area contributed by atoms with Crippen molar-refractivity contribution < 1.29 is 0 Å². The molecular formula is C34H27NPS2+. The molecule has 1 heterocycles. The molecule has 0 saturated carbocycles. The molecule has 0 unspecified atom stereocenters. The van der Waals surface area contributed by atoms with E-state index < -0.39 is 7.26 Å². The number of aromatic nitrogens is 1. The first kappa shape index (κ1) is 24.8. The minimum Gasteiger partial charge on any atom is -0.200 e. The predicted molar refractivity (Wildman–Crippen MR) is 168 cm³/mol. The summed E-state index contributed by atoms with van der Waals surface area (Å²) >= 11 is 3.73. The lowest BCUT2D eigenvalue weighted by Gasteiger charge is -2.26. The van der Waals surface area contributed by atoms with Gasteiger partial charge in [-0.25, -0.2) is 0 Å². The Morgan fingerprint density at radius 3 is 1.42 bits per heavy atom. The van der Waals surface area contributed by atoms with E-state index in [1.54, 1.807) is 0 Å². The van der Waals surface area contributed by atoms with E-state index in [1.807, 2.05) is 23.1 Å². The molecule has 0 aliphatic heterocycles. The minimum absolute atomic E-state index is 0.905. The SMILES string of the molecule is c1ccc(CSc2sc(-c3ccccc3)nc2[P+](c2ccccc2)(c2ccccc2)c2ccccc2)cc1. The molecule has 1 aromatic heterocycles. The van der Waals surface area contributed by atoms with Crippen LogP contribution in [0.4, 0.5) is 0 Å². The maximum atomic E-state index is 5.54. The fourth-order valence-corrected chi connectivity index (χ4v) is 12.0. The van der Waals surface area contributed by atoms with Gasteiger partial charge in [0.2, 0.25) is 5.44 Å². The molecule has 0 bridgehead atoms. The fraction of sp³-hybridized carbons (Fsp3) is 0.0294. The highest BCUT2D eigenvalue weighted by molar-refractivity contribution is 8.05. The van der Waals surface area contributed by atoms with E-state index in [9.17, 15) is 0 Å². The van der Waals surface area contributed by atoms with Crippen LogP contribution in [-0.2, 0) is 5.75 Å². The summed E-state index contributed by atoms with van der Waals surface area (Å²) in [6.45, 7) is 0. The highest BCUT2D eigenvalue weighted by Gasteiger charge is 2.52. The summed E-state index contributed by atoms with van der Waals surface area (Å²) in [5, 5.41) is 5.04. The van der Waals surface area contributed by atoms with Crippen LogP contribution >= 0.6 is 30.4 Å². The van der Waals surface area contributed by atoms with Crippen LogP contribution in [0.5, 0.6) is 0 Å². The van der Waals surface area contributed by atoms with Gasteiger partial charge in [0, 0.05) is 11.3 Å². The van der Waals surface area contributed by atoms with Crippen molar-refractivity contribution in [3.63, 3.8) is 0 Å². The number of thiazole rings is 1. The minimum atomic E-state index is -2.29. The molecule has 5 aromatic carbocycles. The van der Waals surface area contributed by atoms with Crippen molar-refractivity contribution in [3.05, 3.63) is 157 Å². The van der Waals surface area contributed by atoms with Crippen LogP contribution in [0.1, 0.15) is 5.56 Å². The summed E-state index contributed by atoms with van der Waals surface area (Å²) in [5.74, 6) is 0.905. The van der Waals surface area contributed by atoms with Gasteiger partial charge >= 0.3 is 0 Å². The first-order valence-electron chi connectivity index (χ1n) is 12.6. The summed E-state index contributed by atoms with van der Waals surface area (Å²) in [5.41, 5.74) is 3.68. The second-order valence-electron chi connectivity index (χ2n) is 8.95. The number of hydrogen-bond acceptors (Lipinski definition) is 3. The standard InChI is InChI=1S/C34H27NPS2/c1-6-16-27(17-7-1)26-37-34-32(35-33(38-34)28-18-8-2-9-19-28)36(29-20-10-3-11-21-29,30-22-12-4-13-23-30)31-24-14-5-15-25-31/h1-25H,26H2/q+1. The summed E-state index contributed by atoms with van der Waals surface area (Å²) in [4.78, 5) is 5.54. The van der Waals surface area contributed by atoms with Crippen LogP contribution in [0.3, 0.4) is 0 Å². The largest absolute Gasteiger partial charge is 0.223 e. The highest BCUT2D eigenvalue weighted by Crippen LogP contribution is 2.57. The Morgan fingerprint density at radius 1 is 0.526 bits per heavy atom. The zero-order valence-corrected chi connectivity index (χ0v) is 23.4. The van der Waals surface area contributed by atoms with Crippen molar-refractivity contribution >= 4 is 51.7 Å². The first-order chi connectivity index (χ1) is 18.9. The molecule has 6 rings (SSSR count). The lowest BCUT2D eigenvalue weighted by Crippen LogP contribution is -2.39. The molecule has 0 radical (unpaired) electrons. The van der Waals surface area contributed by atoms with E-state index in [4.69, 9.17) is 4.98 Å². The van der Waals surface area contributed by atoms with Gasteiger partial charge in [0.1, 0.15) is 25.1 Å². The quantitative estimate of drug-likeness (QED) is 0.144. The number of hydrogen-bond donors (Lipinski definition) is 0. The highest BCUT2D eigenvalue weighted by atomic mass is 32.2. The average molecular weight is 545 g/mol. The molecule has 0 spiro atoms. The second-order valence-corrected chi connectivity index (χ2v) is 14.5. The number of nitrogens with zero attached hydrogens (tertiary/aromatic N) is 1. The summed E-state index contributed by atoms with van der Waals surface area (Å²) in [7, 11) is -2.29. The average Bonchev–Trinajstić information content (AvgIpc) is 3.44. The lowest BCUT2D eigenvalue weighted by molar-refractivity contribution is 1.40. The Balaban J connectivity index is 1.64. The molecule has 0 saturated heterocycles. The van der Waals surface area contributed by atoms with Gasteiger partial charge in [0.15, 0.2) is 7.26 Å². The van der Waals surface area contributed by atoms with Gasteiger partial charge in [-0.1, -0.05) is 115 Å². The molecule has 38 heavy (non-hydrogen) atoms. The van der Waals surface area contributed by atoms with Crippen LogP contribution in [0.25, 0.3) is 10.6 Å². The smallest absolute Gasteiger partial charge is 0.200 e. The number of rotatable bonds is 8. The zero-order chi connectivity index (χ0) is 25.6. The maximum Gasteiger partial charge on any atom is 0.223 e. The molecule has 6 aromatic rings. The van der Waals surface area contributed by atoms with Gasteiger partial charge in [0.05, 0.1) is 0 Å². The van der Waals surface area contributed by atoms with E-state index in [0.29, 0.717) is 0 Å². The Bertz CT molecular complexity index is 1490. The molecule has 4 heteroatoms. The van der Waals surface area contributed by atoms with Crippen LogP contribution < -0.4 is 21.3 Å². The molecule has 0 fully saturated rings. The normalized spacial score (nSPS) is 11.4. The van der Waals surface area contributed by atoms with Gasteiger partial charge in [-0.2, -0.15) is 4.98 Å². The van der Waals surface area contributed by atoms with E-state index in [2.05, 4.69) is 152 Å². The Hall–Kier alpha value is -3.49. The monoisotopic (exact) mass is 544 g/mol. The van der Waals surface area contributed by atoms with Gasteiger partial charge < -0.3 is 0 Å². The fourth-order valence-electron chi connectivity index (χ4n) is 4.80. The van der Waals surface area contributed by atoms with Gasteiger partial charge in [0.25, 0.3) is 0 Å². The van der Waals surface area contributed by atoms with Crippen molar-refractivity contribution in [1.82, 2.24) is 4.98 Å². The second kappa shape index (κ2) is 11.5. The Kier molecular flexibility index (Phi) is 7.51. The van der Waals surface area contributed by atoms with Crippen LogP contribution in [0.2, 0.25) is 0 Å². The molecule has 0 aliphatic carbocycles. The number of benzene rings is 5. The van der Waals surface area contributed by atoms with Crippen molar-refractivity contribution in [3.8, 4) is 10.6 Å². The van der Waals surface area contributed by atoms with Crippen LogP contribution in [-0.4, -0.2) is 4.98 Å². The molecule has 0 N–H and O–H groups in total. The summed E-state index contributed by atoms with van der Waals surface area (Å²) in [6, 6.07) is 54.4. The van der Waals surface area contributed by atoms with Gasteiger partial charge in [-0.05, 0) is 42.0 Å². The van der Waals surface area contributed by atoms with Crippen molar-refractivity contribution in [2.24, 2.45) is 0 Å². The van der Waals surface area contributed by atoms with Crippen molar-refractivity contribution in [2.75, 3.05) is 0 Å². The van der Waals surface area contributed by atoms with E-state index in [-0.39, 0.29) is 0 Å². The van der Waals surface area contributed by atoms with E-state index in [0.717, 1.165) is 16.3 Å². The topological polar surface area (TPSA) is 12.9 Å². The molecule has 1 nitrogen and oxygen atoms in total. The number of thioether (sulfide) groups is 1. The van der Waals surface area contributed by atoms with Crippen molar-refractivity contribution in [1.29, 1.82) is 0 Å². The molecule has 0 amide bonds. The third-order valence-electron chi connectivity index (χ3n) is 6.56. The van der Waals surface area contributed by atoms with Crippen LogP contribution in [0.15, 0.2) is 156 Å². The van der Waals surface area contributed by atoms with Gasteiger partial charge in [-0.15, -0.1) is 23.1 Å². The third kappa shape index (κ3) is 4.86. The third-order valence-corrected chi connectivity index (χ3v) is 13.5. The molecule has 0 atom stereocenters. The van der Waals surface area contributed by atoms with E-state index in [1.165, 1.54) is 31.1 Å². The van der Waals surface area contributed by atoms with Crippen molar-refractivity contribution in [2.45, 2.75) is 9.96 Å². The summed E-state index contributed by atoms with van der Waals surface area (Å²) in [6.07, 6.45) is 0. The maximum absolute atomic E-state index is 5.54. The van der Waals surface area contributed by atoms with Crippen LogP contribution in [0, 0.1) is 0 Å². The van der Waals surface area contributed by atoms with Gasteiger partial charge in [-0.3, -0.25) is 0 Å². The predicted octanol–water partition coefficient (Wildman–Crippen LogP) is 7.72. The molecule has 184 valence electrons. The van der Waals surface area contributed by atoms with E-state index >= 15 is 0 Å². The Morgan fingerprint density at radius 2 is 0.947 bits per heavy atom.